The first kappa shape index (κ1) is 23.8. The number of hydrogen-bond acceptors (Lipinski definition) is 5. The third-order valence-electron chi connectivity index (χ3n) is 5.51. The number of nitrogens with zero attached hydrogens (tertiary/aromatic N) is 3. The van der Waals surface area contributed by atoms with Crippen molar-refractivity contribution in [2.24, 2.45) is 18.2 Å². The van der Waals surface area contributed by atoms with Crippen LogP contribution in [-0.2, 0) is 23.2 Å². The van der Waals surface area contributed by atoms with Crippen molar-refractivity contribution in [1.82, 2.24) is 20.0 Å². The highest BCUT2D eigenvalue weighted by molar-refractivity contribution is 5.82. The van der Waals surface area contributed by atoms with Crippen LogP contribution in [0.2, 0.25) is 0 Å². The number of aldehydes is 1. The molecule has 0 bridgehead atoms. The second kappa shape index (κ2) is 10.5. The largest absolute Gasteiger partial charge is 0.351 e. The lowest BCUT2D eigenvalue weighted by Crippen LogP contribution is -2.41. The molecule has 0 saturated carbocycles. The van der Waals surface area contributed by atoms with Crippen LogP contribution in [0.4, 0.5) is 0 Å². The van der Waals surface area contributed by atoms with Gasteiger partial charge in [-0.1, -0.05) is 45.0 Å². The standard InChI is InChI=1S/C17H22N4O.C6H13NO/c1-20-11-3-4-16(20)17(22)18-12-13-5-7-14(8-6-13)15-9-10-19-21(15)2;1-6(2,3)5(7)4-8/h5-10,16H,3-4,11-12H2,1-2H3,(H,18,22);4-5H,7H2,1-3H3. The van der Waals surface area contributed by atoms with Gasteiger partial charge >= 0.3 is 0 Å². The third-order valence-corrected chi connectivity index (χ3v) is 5.51. The summed E-state index contributed by atoms with van der Waals surface area (Å²) in [4.78, 5) is 24.3. The van der Waals surface area contributed by atoms with Crippen molar-refractivity contribution in [3.8, 4) is 11.3 Å². The number of nitrogens with two attached hydrogens (primary N) is 1. The average molecular weight is 414 g/mol. The molecule has 0 radical (unpaired) electrons. The third kappa shape index (κ3) is 6.50. The van der Waals surface area contributed by atoms with Crippen LogP contribution in [0.25, 0.3) is 11.3 Å². The van der Waals surface area contributed by atoms with Gasteiger partial charge in [-0.3, -0.25) is 14.4 Å². The minimum absolute atomic E-state index is 0.0358. The fourth-order valence-electron chi connectivity index (χ4n) is 3.20. The SMILES string of the molecule is CC(C)(C)C(N)C=O.CN1CCCC1C(=O)NCc1ccc(-c2ccnn2C)cc1. The summed E-state index contributed by atoms with van der Waals surface area (Å²) in [6.45, 7) is 7.40. The molecule has 3 N–H and O–H groups in total. The normalized spacial score (nSPS) is 17.7. The first-order valence-electron chi connectivity index (χ1n) is 10.4. The first-order valence-corrected chi connectivity index (χ1v) is 10.4. The van der Waals surface area contributed by atoms with Gasteiger partial charge in [0.15, 0.2) is 0 Å². The molecule has 30 heavy (non-hydrogen) atoms. The van der Waals surface area contributed by atoms with Gasteiger partial charge in [-0.05, 0) is 49.0 Å². The first-order chi connectivity index (χ1) is 14.1. The summed E-state index contributed by atoms with van der Waals surface area (Å²) in [7, 11) is 3.95. The van der Waals surface area contributed by atoms with E-state index in [0.717, 1.165) is 42.5 Å². The molecule has 1 amide bonds. The van der Waals surface area contributed by atoms with Gasteiger partial charge in [0.05, 0.1) is 17.8 Å². The summed E-state index contributed by atoms with van der Waals surface area (Å²) in [5.74, 6) is 0.135. The van der Waals surface area contributed by atoms with Crippen molar-refractivity contribution in [2.45, 2.75) is 52.2 Å². The Hall–Kier alpha value is -2.51. The van der Waals surface area contributed by atoms with E-state index in [4.69, 9.17) is 5.73 Å². The van der Waals surface area contributed by atoms with E-state index >= 15 is 0 Å². The van der Waals surface area contributed by atoms with Crippen molar-refractivity contribution in [1.29, 1.82) is 0 Å². The Morgan fingerprint density at radius 1 is 1.27 bits per heavy atom. The smallest absolute Gasteiger partial charge is 0.237 e. The maximum absolute atomic E-state index is 12.2. The predicted molar refractivity (Wildman–Crippen MR) is 120 cm³/mol. The number of amides is 1. The maximum atomic E-state index is 12.2. The van der Waals surface area contributed by atoms with Gasteiger partial charge in [0.1, 0.15) is 6.29 Å². The van der Waals surface area contributed by atoms with Crippen molar-refractivity contribution in [3.63, 3.8) is 0 Å². The van der Waals surface area contributed by atoms with Crippen LogP contribution in [0.5, 0.6) is 0 Å². The molecule has 3 rings (SSSR count). The maximum Gasteiger partial charge on any atom is 0.237 e. The van der Waals surface area contributed by atoms with E-state index < -0.39 is 0 Å². The summed E-state index contributed by atoms with van der Waals surface area (Å²) in [6.07, 6.45) is 4.64. The summed E-state index contributed by atoms with van der Waals surface area (Å²) >= 11 is 0. The summed E-state index contributed by atoms with van der Waals surface area (Å²) < 4.78 is 1.85. The van der Waals surface area contributed by atoms with Gasteiger partial charge < -0.3 is 15.8 Å². The summed E-state index contributed by atoms with van der Waals surface area (Å²) in [6, 6.07) is 9.95. The Kier molecular flexibility index (Phi) is 8.32. The van der Waals surface area contributed by atoms with Gasteiger partial charge in [0.25, 0.3) is 0 Å². The second-order valence-electron chi connectivity index (χ2n) is 8.92. The van der Waals surface area contributed by atoms with Crippen LogP contribution >= 0.6 is 0 Å². The summed E-state index contributed by atoms with van der Waals surface area (Å²) in [5.41, 5.74) is 8.63. The number of likely N-dealkylation sites (tertiary alicyclic amines) is 1. The number of nitrogens with one attached hydrogen (secondary N) is 1. The molecular formula is C23H35N5O2. The molecule has 1 fully saturated rings. The van der Waals surface area contributed by atoms with Crippen LogP contribution < -0.4 is 11.1 Å². The Bertz CT molecular complexity index is 823. The molecule has 7 heteroatoms. The highest BCUT2D eigenvalue weighted by atomic mass is 16.2. The zero-order valence-corrected chi connectivity index (χ0v) is 18.8. The number of hydrogen-bond donors (Lipinski definition) is 2. The second-order valence-corrected chi connectivity index (χ2v) is 8.92. The molecule has 7 nitrogen and oxygen atoms in total. The van der Waals surface area contributed by atoms with Gasteiger partial charge in [-0.2, -0.15) is 5.10 Å². The quantitative estimate of drug-likeness (QED) is 0.734. The van der Waals surface area contributed by atoms with Crippen molar-refractivity contribution in [2.75, 3.05) is 13.6 Å². The van der Waals surface area contributed by atoms with Crippen LogP contribution in [0.3, 0.4) is 0 Å². The van der Waals surface area contributed by atoms with E-state index in [1.54, 1.807) is 6.20 Å². The Balaban J connectivity index is 0.000000343. The molecule has 1 aromatic carbocycles. The van der Waals surface area contributed by atoms with E-state index in [1.807, 2.05) is 45.6 Å². The fourth-order valence-corrected chi connectivity index (χ4v) is 3.20. The average Bonchev–Trinajstić information content (AvgIpc) is 3.33. The molecule has 1 saturated heterocycles. The molecule has 2 unspecified atom stereocenters. The molecule has 164 valence electrons. The number of aromatic nitrogens is 2. The van der Waals surface area contributed by atoms with Crippen molar-refractivity contribution < 1.29 is 9.59 Å². The monoisotopic (exact) mass is 413 g/mol. The molecule has 1 aliphatic rings. The van der Waals surface area contributed by atoms with Gasteiger partial charge in [0, 0.05) is 19.8 Å². The lowest BCUT2D eigenvalue weighted by Gasteiger charge is -2.20. The van der Waals surface area contributed by atoms with Crippen molar-refractivity contribution >= 4 is 12.2 Å². The molecule has 2 aromatic rings. The van der Waals surface area contributed by atoms with E-state index in [9.17, 15) is 9.59 Å². The number of carbonyl (C=O) groups excluding carboxylic acids is 2. The van der Waals surface area contributed by atoms with Gasteiger partial charge in [-0.25, -0.2) is 0 Å². The molecule has 0 aliphatic carbocycles. The lowest BCUT2D eigenvalue weighted by atomic mass is 9.89. The van der Waals surface area contributed by atoms with E-state index in [0.29, 0.717) is 6.54 Å². The highest BCUT2D eigenvalue weighted by Crippen LogP contribution is 2.19. The van der Waals surface area contributed by atoms with Crippen LogP contribution in [-0.4, -0.2) is 52.5 Å². The molecule has 1 aliphatic heterocycles. The van der Waals surface area contributed by atoms with Crippen LogP contribution in [0.1, 0.15) is 39.2 Å². The number of likely N-dealkylation sites (N-methyl/N-ethyl adjacent to an activating group) is 1. The van der Waals surface area contributed by atoms with Gasteiger partial charge in [-0.15, -0.1) is 0 Å². The van der Waals surface area contributed by atoms with E-state index in [2.05, 4.69) is 39.6 Å². The summed E-state index contributed by atoms with van der Waals surface area (Å²) in [5, 5.41) is 7.22. The van der Waals surface area contributed by atoms with Crippen LogP contribution in [0.15, 0.2) is 36.5 Å². The number of rotatable bonds is 5. The fraction of sp³-hybridized carbons (Fsp3) is 0.522. The predicted octanol–water partition coefficient (Wildman–Crippen LogP) is 2.36. The van der Waals surface area contributed by atoms with Gasteiger partial charge in [0.2, 0.25) is 5.91 Å². The Morgan fingerprint density at radius 3 is 2.37 bits per heavy atom. The Morgan fingerprint density at radius 2 is 1.93 bits per heavy atom. The zero-order chi connectivity index (χ0) is 22.3. The van der Waals surface area contributed by atoms with E-state index in [1.165, 1.54) is 0 Å². The number of carbonyl (C=O) groups is 2. The number of aryl methyl sites for hydroxylation is 1. The Labute approximate surface area is 179 Å². The molecular weight excluding hydrogens is 378 g/mol. The topological polar surface area (TPSA) is 93.2 Å². The highest BCUT2D eigenvalue weighted by Gasteiger charge is 2.27. The zero-order valence-electron chi connectivity index (χ0n) is 18.8. The minimum atomic E-state index is -0.331. The molecule has 2 atom stereocenters. The van der Waals surface area contributed by atoms with Crippen molar-refractivity contribution in [3.05, 3.63) is 42.1 Å². The lowest BCUT2D eigenvalue weighted by molar-refractivity contribution is -0.125. The number of benzene rings is 1. The van der Waals surface area contributed by atoms with E-state index in [-0.39, 0.29) is 23.4 Å². The molecule has 2 heterocycles. The molecule has 0 spiro atoms. The molecule has 1 aromatic heterocycles. The van der Waals surface area contributed by atoms with Crippen LogP contribution in [0, 0.1) is 5.41 Å². The minimum Gasteiger partial charge on any atom is -0.351 e.